The molecule has 1 atom stereocenters. The molecular weight excluding hydrogens is 336 g/mol. The molecule has 0 fully saturated rings. The Balaban J connectivity index is 2.56. The van der Waals surface area contributed by atoms with E-state index in [1.807, 2.05) is 6.92 Å². The van der Waals surface area contributed by atoms with Gasteiger partial charge < -0.3 is 15.7 Å². The number of unbranched alkanes of at least 4 members (excludes halogenated alkanes) is 2. The van der Waals surface area contributed by atoms with Crippen LogP contribution in [0.25, 0.3) is 0 Å². The first-order chi connectivity index (χ1) is 9.92. The molecule has 1 unspecified atom stereocenters. The number of urea groups is 1. The lowest BCUT2D eigenvalue weighted by Crippen LogP contribution is -2.36. The summed E-state index contributed by atoms with van der Waals surface area (Å²) in [6, 6.07) is 4.33. The van der Waals surface area contributed by atoms with Crippen LogP contribution in [0.5, 0.6) is 0 Å². The van der Waals surface area contributed by atoms with Gasteiger partial charge in [0.15, 0.2) is 0 Å². The van der Waals surface area contributed by atoms with Gasteiger partial charge in [-0.2, -0.15) is 0 Å². The zero-order valence-electron chi connectivity index (χ0n) is 12.3. The van der Waals surface area contributed by atoms with E-state index in [-0.39, 0.29) is 17.6 Å². The van der Waals surface area contributed by atoms with Gasteiger partial charge in [0.2, 0.25) is 0 Å². The van der Waals surface area contributed by atoms with E-state index in [4.69, 9.17) is 5.11 Å². The molecular formula is C15H21BrN2O3. The molecule has 0 heterocycles. The predicted octanol–water partition coefficient (Wildman–Crippen LogP) is 4.24. The average Bonchev–Trinajstić information content (AvgIpc) is 2.37. The molecule has 0 saturated heterocycles. The molecule has 0 aromatic heterocycles. The van der Waals surface area contributed by atoms with Gasteiger partial charge >= 0.3 is 12.0 Å². The van der Waals surface area contributed by atoms with Crippen molar-refractivity contribution in [3.63, 3.8) is 0 Å². The molecule has 1 aromatic rings. The van der Waals surface area contributed by atoms with E-state index in [1.165, 1.54) is 12.1 Å². The highest BCUT2D eigenvalue weighted by Crippen LogP contribution is 2.19. The largest absolute Gasteiger partial charge is 0.478 e. The van der Waals surface area contributed by atoms with Gasteiger partial charge in [-0.25, -0.2) is 9.59 Å². The summed E-state index contributed by atoms with van der Waals surface area (Å²) in [5.74, 6) is -1.03. The van der Waals surface area contributed by atoms with Gasteiger partial charge in [0.25, 0.3) is 0 Å². The van der Waals surface area contributed by atoms with Crippen molar-refractivity contribution < 1.29 is 14.7 Å². The van der Waals surface area contributed by atoms with Crippen molar-refractivity contribution in [3.05, 3.63) is 28.2 Å². The number of hydrogen-bond acceptors (Lipinski definition) is 2. The number of nitrogens with one attached hydrogen (secondary N) is 2. The van der Waals surface area contributed by atoms with E-state index in [1.54, 1.807) is 6.07 Å². The number of amides is 2. The maximum absolute atomic E-state index is 11.9. The first-order valence-electron chi connectivity index (χ1n) is 7.03. The molecule has 0 spiro atoms. The molecule has 1 aromatic carbocycles. The molecule has 5 nitrogen and oxygen atoms in total. The lowest BCUT2D eigenvalue weighted by Gasteiger charge is -2.14. The molecule has 116 valence electrons. The van der Waals surface area contributed by atoms with Crippen molar-refractivity contribution >= 4 is 33.6 Å². The minimum Gasteiger partial charge on any atom is -0.478 e. The molecule has 0 bridgehead atoms. The van der Waals surface area contributed by atoms with Crippen LogP contribution in [-0.2, 0) is 0 Å². The van der Waals surface area contributed by atoms with Gasteiger partial charge in [0, 0.05) is 16.2 Å². The second-order valence-electron chi connectivity index (χ2n) is 5.03. The predicted molar refractivity (Wildman–Crippen MR) is 86.9 cm³/mol. The lowest BCUT2D eigenvalue weighted by molar-refractivity contribution is 0.0697. The Kier molecular flexibility index (Phi) is 7.22. The van der Waals surface area contributed by atoms with Crippen molar-refractivity contribution in [2.24, 2.45) is 0 Å². The summed E-state index contributed by atoms with van der Waals surface area (Å²) in [6.45, 7) is 4.09. The van der Waals surface area contributed by atoms with Gasteiger partial charge in [0.05, 0.1) is 5.56 Å². The number of halogens is 1. The number of carbonyl (C=O) groups excluding carboxylic acids is 1. The van der Waals surface area contributed by atoms with Gasteiger partial charge in [-0.1, -0.05) is 42.1 Å². The SMILES string of the molecule is CCCCCC(C)NC(=O)Nc1cc(Br)cc(C(=O)O)c1. The van der Waals surface area contributed by atoms with Crippen molar-refractivity contribution in [1.29, 1.82) is 0 Å². The smallest absolute Gasteiger partial charge is 0.335 e. The number of carbonyl (C=O) groups is 2. The third-order valence-electron chi connectivity index (χ3n) is 3.02. The molecule has 1 rings (SSSR count). The van der Waals surface area contributed by atoms with E-state index in [0.717, 1.165) is 25.7 Å². The lowest BCUT2D eigenvalue weighted by atomic mass is 10.1. The number of benzene rings is 1. The summed E-state index contributed by atoms with van der Waals surface area (Å²) in [5, 5.41) is 14.5. The molecule has 0 aliphatic heterocycles. The molecule has 3 N–H and O–H groups in total. The van der Waals surface area contributed by atoms with Crippen molar-refractivity contribution in [2.45, 2.75) is 45.6 Å². The number of anilines is 1. The maximum Gasteiger partial charge on any atom is 0.335 e. The zero-order chi connectivity index (χ0) is 15.8. The summed E-state index contributed by atoms with van der Waals surface area (Å²) in [6.07, 6.45) is 4.31. The van der Waals surface area contributed by atoms with E-state index in [9.17, 15) is 9.59 Å². The Hall–Kier alpha value is -1.56. The first kappa shape index (κ1) is 17.5. The van der Waals surface area contributed by atoms with Crippen molar-refractivity contribution in [2.75, 3.05) is 5.32 Å². The van der Waals surface area contributed by atoms with E-state index < -0.39 is 5.97 Å². The average molecular weight is 357 g/mol. The quantitative estimate of drug-likeness (QED) is 0.639. The van der Waals surface area contributed by atoms with E-state index >= 15 is 0 Å². The summed E-state index contributed by atoms with van der Waals surface area (Å²) < 4.78 is 0.605. The first-order valence-corrected chi connectivity index (χ1v) is 7.83. The van der Waals surface area contributed by atoms with Crippen LogP contribution in [0.3, 0.4) is 0 Å². The zero-order valence-corrected chi connectivity index (χ0v) is 13.9. The normalized spacial score (nSPS) is 11.8. The second kappa shape index (κ2) is 8.67. The van der Waals surface area contributed by atoms with Crippen LogP contribution in [0, 0.1) is 0 Å². The highest BCUT2D eigenvalue weighted by Gasteiger charge is 2.10. The van der Waals surface area contributed by atoms with Crippen LogP contribution in [0.2, 0.25) is 0 Å². The second-order valence-corrected chi connectivity index (χ2v) is 5.94. The highest BCUT2D eigenvalue weighted by molar-refractivity contribution is 9.10. The molecule has 0 radical (unpaired) electrons. The number of rotatable bonds is 7. The van der Waals surface area contributed by atoms with Crippen LogP contribution in [0.1, 0.15) is 49.9 Å². The fourth-order valence-corrected chi connectivity index (χ4v) is 2.44. The Morgan fingerprint density at radius 2 is 2.00 bits per heavy atom. The Morgan fingerprint density at radius 3 is 2.62 bits per heavy atom. The highest BCUT2D eigenvalue weighted by atomic mass is 79.9. The van der Waals surface area contributed by atoms with Crippen LogP contribution < -0.4 is 10.6 Å². The summed E-state index contributed by atoms with van der Waals surface area (Å²) >= 11 is 3.23. The molecule has 21 heavy (non-hydrogen) atoms. The molecule has 0 aliphatic carbocycles. The standard InChI is InChI=1S/C15H21BrN2O3/c1-3-4-5-6-10(2)17-15(21)18-13-8-11(14(19)20)7-12(16)9-13/h7-10H,3-6H2,1-2H3,(H,19,20)(H2,17,18,21). The Bertz CT molecular complexity index is 506. The summed E-state index contributed by atoms with van der Waals surface area (Å²) in [4.78, 5) is 22.8. The minimum absolute atomic E-state index is 0.0858. The monoisotopic (exact) mass is 356 g/mol. The van der Waals surface area contributed by atoms with Gasteiger partial charge in [0.1, 0.15) is 0 Å². The Labute approximate surface area is 133 Å². The Morgan fingerprint density at radius 1 is 1.29 bits per heavy atom. The molecule has 0 saturated carbocycles. The molecule has 0 aliphatic rings. The number of hydrogen-bond donors (Lipinski definition) is 3. The van der Waals surface area contributed by atoms with Crippen LogP contribution in [-0.4, -0.2) is 23.1 Å². The van der Waals surface area contributed by atoms with Crippen molar-refractivity contribution in [3.8, 4) is 0 Å². The summed E-state index contributed by atoms with van der Waals surface area (Å²) in [7, 11) is 0. The third-order valence-corrected chi connectivity index (χ3v) is 3.48. The minimum atomic E-state index is -1.03. The number of carboxylic acid groups (broad SMARTS) is 1. The van der Waals surface area contributed by atoms with Gasteiger partial charge in [-0.05, 0) is 31.5 Å². The van der Waals surface area contributed by atoms with Crippen LogP contribution in [0.4, 0.5) is 10.5 Å². The molecule has 6 heteroatoms. The van der Waals surface area contributed by atoms with Crippen LogP contribution in [0.15, 0.2) is 22.7 Å². The van der Waals surface area contributed by atoms with Gasteiger partial charge in [-0.15, -0.1) is 0 Å². The topological polar surface area (TPSA) is 78.4 Å². The van der Waals surface area contributed by atoms with Crippen LogP contribution >= 0.6 is 15.9 Å². The number of carboxylic acids is 1. The number of aromatic carboxylic acids is 1. The van der Waals surface area contributed by atoms with E-state index in [0.29, 0.717) is 10.2 Å². The van der Waals surface area contributed by atoms with Gasteiger partial charge in [-0.3, -0.25) is 0 Å². The van der Waals surface area contributed by atoms with E-state index in [2.05, 4.69) is 33.5 Å². The fraction of sp³-hybridized carbons (Fsp3) is 0.467. The van der Waals surface area contributed by atoms with Crippen molar-refractivity contribution in [1.82, 2.24) is 5.32 Å². The third kappa shape index (κ3) is 6.62. The fourth-order valence-electron chi connectivity index (χ4n) is 1.95. The maximum atomic E-state index is 11.9. The summed E-state index contributed by atoms with van der Waals surface area (Å²) in [5.41, 5.74) is 0.565. The molecule has 2 amide bonds.